The number of carbonyl (C=O) groups is 1. The van der Waals surface area contributed by atoms with E-state index in [1.807, 2.05) is 20.8 Å². The summed E-state index contributed by atoms with van der Waals surface area (Å²) in [4.78, 5) is 13.7. The zero-order chi connectivity index (χ0) is 16.2. The fourth-order valence-corrected chi connectivity index (χ4v) is 2.49. The minimum Gasteiger partial charge on any atom is -0.345 e. The molecule has 1 rings (SSSR count). The van der Waals surface area contributed by atoms with E-state index in [9.17, 15) is 13.2 Å². The van der Waals surface area contributed by atoms with E-state index in [-0.39, 0.29) is 22.9 Å². The Morgan fingerprint density at radius 2 is 1.81 bits per heavy atom. The third-order valence-corrected chi connectivity index (χ3v) is 4.36. The van der Waals surface area contributed by atoms with Crippen molar-refractivity contribution in [2.75, 3.05) is 13.6 Å². The van der Waals surface area contributed by atoms with Gasteiger partial charge in [-0.1, -0.05) is 12.1 Å². The van der Waals surface area contributed by atoms with Crippen LogP contribution in [-0.2, 0) is 14.8 Å². The van der Waals surface area contributed by atoms with Crippen LogP contribution in [0.5, 0.6) is 0 Å². The van der Waals surface area contributed by atoms with E-state index in [0.29, 0.717) is 6.54 Å². The predicted octanol–water partition coefficient (Wildman–Crippen LogP) is 0.851. The van der Waals surface area contributed by atoms with E-state index in [1.165, 1.54) is 12.1 Å². The van der Waals surface area contributed by atoms with Gasteiger partial charge < -0.3 is 4.90 Å². The minimum absolute atomic E-state index is 0.0190. The van der Waals surface area contributed by atoms with Crippen molar-refractivity contribution in [3.8, 4) is 0 Å². The predicted molar refractivity (Wildman–Crippen MR) is 82.1 cm³/mol. The van der Waals surface area contributed by atoms with Crippen molar-refractivity contribution in [1.29, 1.82) is 0 Å². The Morgan fingerprint density at radius 1 is 1.29 bits per heavy atom. The van der Waals surface area contributed by atoms with Crippen LogP contribution in [0, 0.1) is 0 Å². The van der Waals surface area contributed by atoms with Gasteiger partial charge in [0.05, 0.1) is 10.9 Å². The molecule has 21 heavy (non-hydrogen) atoms. The molecule has 0 saturated carbocycles. The Kier molecular flexibility index (Phi) is 5.88. The van der Waals surface area contributed by atoms with E-state index >= 15 is 0 Å². The molecule has 118 valence electrons. The van der Waals surface area contributed by atoms with Crippen LogP contribution in [-0.4, -0.2) is 38.9 Å². The number of nitrogens with two attached hydrogens (primary N) is 1. The molecule has 1 aromatic carbocycles. The van der Waals surface area contributed by atoms with E-state index < -0.39 is 10.0 Å². The molecule has 0 radical (unpaired) electrons. The Labute approximate surface area is 126 Å². The van der Waals surface area contributed by atoms with Gasteiger partial charge >= 0.3 is 0 Å². The van der Waals surface area contributed by atoms with Crippen molar-refractivity contribution in [3.63, 3.8) is 0 Å². The number of hydrogen-bond donors (Lipinski definition) is 2. The van der Waals surface area contributed by atoms with Gasteiger partial charge in [-0.05, 0) is 38.5 Å². The quantitative estimate of drug-likeness (QED) is 0.814. The molecule has 0 fully saturated rings. The Morgan fingerprint density at radius 3 is 2.24 bits per heavy atom. The highest BCUT2D eigenvalue weighted by atomic mass is 32.2. The van der Waals surface area contributed by atoms with Crippen molar-refractivity contribution < 1.29 is 13.2 Å². The van der Waals surface area contributed by atoms with Crippen LogP contribution in [0.1, 0.15) is 32.4 Å². The molecule has 0 heterocycles. The minimum atomic E-state index is -3.68. The van der Waals surface area contributed by atoms with E-state index in [0.717, 1.165) is 5.56 Å². The molecule has 0 aliphatic heterocycles. The van der Waals surface area contributed by atoms with Gasteiger partial charge in [0.15, 0.2) is 0 Å². The summed E-state index contributed by atoms with van der Waals surface area (Å²) >= 11 is 0. The van der Waals surface area contributed by atoms with Gasteiger partial charge in [0.2, 0.25) is 15.9 Å². The number of carbonyl (C=O) groups excluding carboxylic acids is 1. The lowest BCUT2D eigenvalue weighted by Crippen LogP contribution is -2.43. The van der Waals surface area contributed by atoms with Crippen molar-refractivity contribution in [3.05, 3.63) is 29.8 Å². The lowest BCUT2D eigenvalue weighted by atomic mass is 10.1. The molecule has 0 aliphatic rings. The van der Waals surface area contributed by atoms with Gasteiger partial charge in [-0.2, -0.15) is 0 Å². The van der Waals surface area contributed by atoms with Crippen molar-refractivity contribution in [2.24, 2.45) is 5.14 Å². The number of primary sulfonamides is 1. The van der Waals surface area contributed by atoms with Crippen molar-refractivity contribution in [1.82, 2.24) is 10.2 Å². The molecule has 1 aromatic rings. The standard InChI is InChI=1S/C14H23N3O3S/c1-5-17(4)14(18)11(3)16-10(2)12-6-8-13(9-7-12)21(15,19)20/h6-11,16H,5H2,1-4H3,(H2,15,19,20). The highest BCUT2D eigenvalue weighted by Crippen LogP contribution is 2.16. The first kappa shape index (κ1) is 17.6. The first-order chi connectivity index (χ1) is 9.66. The second kappa shape index (κ2) is 7.02. The smallest absolute Gasteiger partial charge is 0.239 e. The molecule has 2 unspecified atom stereocenters. The van der Waals surface area contributed by atoms with E-state index in [1.54, 1.807) is 24.1 Å². The largest absolute Gasteiger partial charge is 0.345 e. The second-order valence-corrected chi connectivity index (χ2v) is 6.64. The molecule has 0 aromatic heterocycles. The number of hydrogen-bond acceptors (Lipinski definition) is 4. The second-order valence-electron chi connectivity index (χ2n) is 5.08. The van der Waals surface area contributed by atoms with Crippen LogP contribution in [0.2, 0.25) is 0 Å². The van der Waals surface area contributed by atoms with Crippen molar-refractivity contribution >= 4 is 15.9 Å². The highest BCUT2D eigenvalue weighted by Gasteiger charge is 2.19. The van der Waals surface area contributed by atoms with Crippen LogP contribution in [0.25, 0.3) is 0 Å². The molecular formula is C14H23N3O3S. The van der Waals surface area contributed by atoms with Gasteiger partial charge in [0.1, 0.15) is 0 Å². The summed E-state index contributed by atoms with van der Waals surface area (Å²) in [6.07, 6.45) is 0. The van der Waals surface area contributed by atoms with Crippen molar-refractivity contribution in [2.45, 2.75) is 37.8 Å². The summed E-state index contributed by atoms with van der Waals surface area (Å²) in [5.74, 6) is 0.0190. The fourth-order valence-electron chi connectivity index (χ4n) is 1.98. The maximum absolute atomic E-state index is 12.0. The fraction of sp³-hybridized carbons (Fsp3) is 0.500. The SMILES string of the molecule is CCN(C)C(=O)C(C)NC(C)c1ccc(S(N)(=O)=O)cc1. The summed E-state index contributed by atoms with van der Waals surface area (Å²) in [6.45, 7) is 6.30. The Balaban J connectivity index is 2.76. The summed E-state index contributed by atoms with van der Waals surface area (Å²) in [5.41, 5.74) is 0.890. The molecule has 0 aliphatic carbocycles. The molecule has 2 atom stereocenters. The van der Waals surface area contributed by atoms with Gasteiger partial charge in [0.25, 0.3) is 0 Å². The number of nitrogens with zero attached hydrogens (tertiary/aromatic N) is 1. The van der Waals surface area contributed by atoms with Gasteiger partial charge in [-0.15, -0.1) is 0 Å². The van der Waals surface area contributed by atoms with E-state index in [2.05, 4.69) is 5.32 Å². The van der Waals surface area contributed by atoms with Crippen LogP contribution < -0.4 is 10.5 Å². The number of sulfonamides is 1. The Bertz CT molecular complexity index is 584. The van der Waals surface area contributed by atoms with Gasteiger partial charge in [0, 0.05) is 19.6 Å². The number of amides is 1. The molecule has 1 amide bonds. The summed E-state index contributed by atoms with van der Waals surface area (Å²) in [6, 6.07) is 5.92. The first-order valence-electron chi connectivity index (χ1n) is 6.80. The van der Waals surface area contributed by atoms with Crippen LogP contribution >= 0.6 is 0 Å². The first-order valence-corrected chi connectivity index (χ1v) is 8.35. The highest BCUT2D eigenvalue weighted by molar-refractivity contribution is 7.89. The third-order valence-electron chi connectivity index (χ3n) is 3.43. The lowest BCUT2D eigenvalue weighted by molar-refractivity contribution is -0.131. The van der Waals surface area contributed by atoms with Crippen LogP contribution in [0.3, 0.4) is 0 Å². The summed E-state index contributed by atoms with van der Waals surface area (Å²) < 4.78 is 22.4. The number of likely N-dealkylation sites (N-methyl/N-ethyl adjacent to an activating group) is 1. The number of nitrogens with one attached hydrogen (secondary N) is 1. The van der Waals surface area contributed by atoms with Gasteiger partial charge in [-0.3, -0.25) is 10.1 Å². The normalized spacial score (nSPS) is 14.5. The van der Waals surface area contributed by atoms with Crippen LogP contribution in [0.4, 0.5) is 0 Å². The Hall–Kier alpha value is -1.44. The number of benzene rings is 1. The maximum atomic E-state index is 12.0. The van der Waals surface area contributed by atoms with Crippen LogP contribution in [0.15, 0.2) is 29.2 Å². The molecule has 6 nitrogen and oxygen atoms in total. The summed E-state index contributed by atoms with van der Waals surface area (Å²) in [7, 11) is -1.92. The lowest BCUT2D eigenvalue weighted by Gasteiger charge is -2.24. The van der Waals surface area contributed by atoms with E-state index in [4.69, 9.17) is 5.14 Å². The summed E-state index contributed by atoms with van der Waals surface area (Å²) in [5, 5.41) is 8.26. The average Bonchev–Trinajstić information content (AvgIpc) is 2.44. The monoisotopic (exact) mass is 313 g/mol. The maximum Gasteiger partial charge on any atom is 0.239 e. The van der Waals surface area contributed by atoms with Gasteiger partial charge in [-0.25, -0.2) is 13.6 Å². The number of rotatable bonds is 6. The topological polar surface area (TPSA) is 92.5 Å². The molecule has 0 saturated heterocycles. The molecule has 0 bridgehead atoms. The zero-order valence-electron chi connectivity index (χ0n) is 12.8. The molecule has 7 heteroatoms. The molecular weight excluding hydrogens is 290 g/mol. The molecule has 3 N–H and O–H groups in total. The third kappa shape index (κ3) is 4.80. The average molecular weight is 313 g/mol. The zero-order valence-corrected chi connectivity index (χ0v) is 13.6. The molecule has 0 spiro atoms.